The van der Waals surface area contributed by atoms with E-state index in [1.807, 2.05) is 0 Å². The number of nitrogens with one attached hydrogen (secondary N) is 1. The highest BCUT2D eigenvalue weighted by atomic mass is 32.1. The molecule has 1 amide bonds. The molecule has 4 nitrogen and oxygen atoms in total. The van der Waals surface area contributed by atoms with Gasteiger partial charge in [0.1, 0.15) is 11.6 Å². The van der Waals surface area contributed by atoms with Gasteiger partial charge in [-0.25, -0.2) is 4.39 Å². The molecule has 1 aliphatic heterocycles. The fraction of sp³-hybridized carbons (Fsp3) is 0.450. The molecular formula is C20H25FN2O2S. The smallest absolute Gasteiger partial charge is 0.258 e. The Morgan fingerprint density at radius 2 is 2.04 bits per heavy atom. The van der Waals surface area contributed by atoms with Gasteiger partial charge in [0.15, 0.2) is 6.61 Å². The molecule has 0 unspecified atom stereocenters. The van der Waals surface area contributed by atoms with Gasteiger partial charge in [-0.1, -0.05) is 13.0 Å². The highest BCUT2D eigenvalue weighted by Gasteiger charge is 2.25. The molecule has 1 N–H and O–H groups in total. The molecule has 3 rings (SSSR count). The van der Waals surface area contributed by atoms with E-state index in [9.17, 15) is 9.18 Å². The Morgan fingerprint density at radius 1 is 1.31 bits per heavy atom. The van der Waals surface area contributed by atoms with Crippen molar-refractivity contribution in [2.45, 2.75) is 25.8 Å². The van der Waals surface area contributed by atoms with Crippen LogP contribution in [-0.4, -0.2) is 37.0 Å². The molecule has 1 fully saturated rings. The number of carbonyl (C=O) groups is 1. The molecule has 0 aliphatic carbocycles. The minimum atomic E-state index is -0.323. The number of piperidine rings is 1. The molecule has 26 heavy (non-hydrogen) atoms. The first-order valence-electron chi connectivity index (χ1n) is 9.04. The summed E-state index contributed by atoms with van der Waals surface area (Å²) in [5, 5.41) is 5.07. The minimum absolute atomic E-state index is 0.0696. The van der Waals surface area contributed by atoms with Crippen LogP contribution in [0.25, 0.3) is 0 Å². The van der Waals surface area contributed by atoms with Gasteiger partial charge in [-0.05, 0) is 67.6 Å². The largest absolute Gasteiger partial charge is 0.484 e. The van der Waals surface area contributed by atoms with Gasteiger partial charge in [-0.15, -0.1) is 11.3 Å². The molecule has 1 atom stereocenters. The van der Waals surface area contributed by atoms with Gasteiger partial charge in [0, 0.05) is 11.4 Å². The van der Waals surface area contributed by atoms with Gasteiger partial charge in [0.25, 0.3) is 5.91 Å². The van der Waals surface area contributed by atoms with Crippen molar-refractivity contribution in [1.82, 2.24) is 10.2 Å². The van der Waals surface area contributed by atoms with E-state index < -0.39 is 0 Å². The second-order valence-corrected chi connectivity index (χ2v) is 7.78. The third-order valence-corrected chi connectivity index (χ3v) is 5.78. The van der Waals surface area contributed by atoms with Crippen LogP contribution in [0, 0.1) is 11.7 Å². The predicted octanol–water partition coefficient (Wildman–Crippen LogP) is 3.86. The lowest BCUT2D eigenvalue weighted by Gasteiger charge is -2.36. The SMILES string of the molecule is CC1CCN([C@H](CNC(=O)COc2ccc(F)cc2)c2cccs2)CC1. The average molecular weight is 376 g/mol. The fourth-order valence-electron chi connectivity index (χ4n) is 3.17. The monoisotopic (exact) mass is 376 g/mol. The van der Waals surface area contributed by atoms with Crippen LogP contribution in [0.5, 0.6) is 5.75 Å². The Morgan fingerprint density at radius 3 is 2.69 bits per heavy atom. The first-order valence-corrected chi connectivity index (χ1v) is 9.92. The Kier molecular flexibility index (Phi) is 6.63. The second kappa shape index (κ2) is 9.14. The quantitative estimate of drug-likeness (QED) is 0.798. The van der Waals surface area contributed by atoms with Crippen LogP contribution in [0.1, 0.15) is 30.7 Å². The molecule has 0 radical (unpaired) electrons. The van der Waals surface area contributed by atoms with Crippen molar-refractivity contribution < 1.29 is 13.9 Å². The van der Waals surface area contributed by atoms with Crippen molar-refractivity contribution in [3.8, 4) is 5.75 Å². The van der Waals surface area contributed by atoms with Crippen molar-refractivity contribution in [2.24, 2.45) is 5.92 Å². The van der Waals surface area contributed by atoms with E-state index in [-0.39, 0.29) is 24.4 Å². The van der Waals surface area contributed by atoms with E-state index in [2.05, 4.69) is 34.7 Å². The molecule has 0 saturated carbocycles. The Labute approximate surface area is 158 Å². The number of ether oxygens (including phenoxy) is 1. The third-order valence-electron chi connectivity index (χ3n) is 4.81. The van der Waals surface area contributed by atoms with E-state index in [0.717, 1.165) is 19.0 Å². The van der Waals surface area contributed by atoms with Gasteiger partial charge in [-0.2, -0.15) is 0 Å². The van der Waals surface area contributed by atoms with Gasteiger partial charge in [-0.3, -0.25) is 9.69 Å². The predicted molar refractivity (Wildman–Crippen MR) is 102 cm³/mol. The summed E-state index contributed by atoms with van der Waals surface area (Å²) >= 11 is 1.73. The Balaban J connectivity index is 1.52. The molecule has 140 valence electrons. The summed E-state index contributed by atoms with van der Waals surface area (Å²) in [6, 6.07) is 10.1. The first-order chi connectivity index (χ1) is 12.6. The highest BCUT2D eigenvalue weighted by molar-refractivity contribution is 7.10. The number of carbonyl (C=O) groups excluding carboxylic acids is 1. The Bertz CT molecular complexity index is 682. The molecular weight excluding hydrogens is 351 g/mol. The zero-order chi connectivity index (χ0) is 18.4. The van der Waals surface area contributed by atoms with Crippen molar-refractivity contribution in [3.63, 3.8) is 0 Å². The molecule has 0 bridgehead atoms. The zero-order valence-corrected chi connectivity index (χ0v) is 15.8. The summed E-state index contributed by atoms with van der Waals surface area (Å²) < 4.78 is 18.3. The second-order valence-electron chi connectivity index (χ2n) is 6.80. The molecule has 1 aliphatic rings. The summed E-state index contributed by atoms with van der Waals surface area (Å²) in [6.07, 6.45) is 2.40. The number of hydrogen-bond donors (Lipinski definition) is 1. The van der Waals surface area contributed by atoms with Crippen LogP contribution in [0.15, 0.2) is 41.8 Å². The lowest BCUT2D eigenvalue weighted by Crippen LogP contribution is -2.42. The number of amides is 1. The van der Waals surface area contributed by atoms with E-state index in [0.29, 0.717) is 12.3 Å². The molecule has 2 heterocycles. The van der Waals surface area contributed by atoms with Crippen molar-refractivity contribution >= 4 is 17.2 Å². The summed E-state index contributed by atoms with van der Waals surface area (Å²) in [5.41, 5.74) is 0. The van der Waals surface area contributed by atoms with E-state index in [4.69, 9.17) is 4.74 Å². The summed E-state index contributed by atoms with van der Waals surface area (Å²) in [4.78, 5) is 15.9. The highest BCUT2D eigenvalue weighted by Crippen LogP contribution is 2.29. The minimum Gasteiger partial charge on any atom is -0.484 e. The number of benzene rings is 1. The van der Waals surface area contributed by atoms with Crippen molar-refractivity contribution in [2.75, 3.05) is 26.2 Å². The third kappa shape index (κ3) is 5.29. The maximum atomic E-state index is 12.9. The van der Waals surface area contributed by atoms with Crippen LogP contribution in [0.4, 0.5) is 4.39 Å². The number of nitrogens with zero attached hydrogens (tertiary/aromatic N) is 1. The zero-order valence-electron chi connectivity index (χ0n) is 15.0. The standard InChI is InChI=1S/C20H25FN2O2S/c1-15-8-10-23(11-9-15)18(19-3-2-12-26-19)13-22-20(24)14-25-17-6-4-16(21)5-7-17/h2-7,12,15,18H,8-11,13-14H2,1H3,(H,22,24)/t18-/m1/s1. The van der Waals surface area contributed by atoms with Crippen LogP contribution in [-0.2, 0) is 4.79 Å². The van der Waals surface area contributed by atoms with Crippen LogP contribution in [0.3, 0.4) is 0 Å². The van der Waals surface area contributed by atoms with Crippen molar-refractivity contribution in [3.05, 3.63) is 52.5 Å². The van der Waals surface area contributed by atoms with Gasteiger partial charge >= 0.3 is 0 Å². The number of thiophene rings is 1. The molecule has 1 saturated heterocycles. The van der Waals surface area contributed by atoms with Crippen molar-refractivity contribution in [1.29, 1.82) is 0 Å². The van der Waals surface area contributed by atoms with Gasteiger partial charge in [0.05, 0.1) is 6.04 Å². The van der Waals surface area contributed by atoms with Crippen LogP contribution < -0.4 is 10.1 Å². The lowest BCUT2D eigenvalue weighted by molar-refractivity contribution is -0.123. The average Bonchev–Trinajstić information content (AvgIpc) is 3.17. The van der Waals surface area contributed by atoms with E-state index in [1.54, 1.807) is 11.3 Å². The normalized spacial score (nSPS) is 17.0. The van der Waals surface area contributed by atoms with E-state index in [1.165, 1.54) is 42.0 Å². The molecule has 0 spiro atoms. The number of rotatable bonds is 7. The summed E-state index contributed by atoms with van der Waals surface area (Å²) in [7, 11) is 0. The number of hydrogen-bond acceptors (Lipinski definition) is 4. The molecule has 2 aromatic rings. The molecule has 1 aromatic carbocycles. The summed E-state index contributed by atoms with van der Waals surface area (Å²) in [5.74, 6) is 0.771. The maximum absolute atomic E-state index is 12.9. The topological polar surface area (TPSA) is 41.6 Å². The first kappa shape index (κ1) is 18.9. The van der Waals surface area contributed by atoms with E-state index >= 15 is 0 Å². The van der Waals surface area contributed by atoms with Gasteiger partial charge in [0.2, 0.25) is 0 Å². The van der Waals surface area contributed by atoms with Crippen LogP contribution >= 0.6 is 11.3 Å². The van der Waals surface area contributed by atoms with Crippen LogP contribution in [0.2, 0.25) is 0 Å². The number of likely N-dealkylation sites (tertiary alicyclic amines) is 1. The number of halogens is 1. The van der Waals surface area contributed by atoms with Gasteiger partial charge < -0.3 is 10.1 Å². The summed E-state index contributed by atoms with van der Waals surface area (Å²) in [6.45, 7) is 4.92. The maximum Gasteiger partial charge on any atom is 0.258 e. The molecule has 6 heteroatoms. The lowest BCUT2D eigenvalue weighted by atomic mass is 9.97. The fourth-order valence-corrected chi connectivity index (χ4v) is 4.03. The Hall–Kier alpha value is -1.92. The molecule has 1 aromatic heterocycles.